The number of alkyl halides is 3. The van der Waals surface area contributed by atoms with Crippen molar-refractivity contribution >= 4 is 32.4 Å². The molecule has 0 spiro atoms. The molecule has 2 aromatic rings. The molecule has 1 aromatic heterocycles. The minimum atomic E-state index is -4.23. The van der Waals surface area contributed by atoms with Crippen molar-refractivity contribution < 1.29 is 13.2 Å². The smallest absolute Gasteiger partial charge is 0.399 e. The van der Waals surface area contributed by atoms with Gasteiger partial charge in [0.25, 0.3) is 0 Å². The van der Waals surface area contributed by atoms with E-state index >= 15 is 0 Å². The first-order valence-corrected chi connectivity index (χ1v) is 6.68. The summed E-state index contributed by atoms with van der Waals surface area (Å²) >= 11 is 1.23. The quantitative estimate of drug-likeness (QED) is 0.873. The van der Waals surface area contributed by atoms with E-state index in [1.54, 1.807) is 18.2 Å². The Hall–Kier alpha value is -1.50. The summed E-state index contributed by atoms with van der Waals surface area (Å²) in [4.78, 5) is 5.51. The fraction of sp³-hybridized carbons (Fsp3) is 0.417. The average molecular weight is 289 g/mol. The van der Waals surface area contributed by atoms with Gasteiger partial charge in [0.15, 0.2) is 5.13 Å². The molecule has 0 aliphatic carbocycles. The Morgan fingerprint density at radius 3 is 2.74 bits per heavy atom. The molecule has 2 N–H and O–H groups in total. The molecule has 7 heteroatoms. The molecule has 0 bridgehead atoms. The van der Waals surface area contributed by atoms with Gasteiger partial charge in [0, 0.05) is 12.2 Å². The number of nitrogens with zero attached hydrogens (tertiary/aromatic N) is 2. The molecule has 0 saturated heterocycles. The molecule has 3 nitrogen and oxygen atoms in total. The summed E-state index contributed by atoms with van der Waals surface area (Å²) in [6, 6.07) is 5.15. The van der Waals surface area contributed by atoms with Crippen LogP contribution < -0.4 is 10.6 Å². The number of anilines is 2. The van der Waals surface area contributed by atoms with E-state index in [2.05, 4.69) is 4.98 Å². The second kappa shape index (κ2) is 5.24. The van der Waals surface area contributed by atoms with Crippen LogP contribution in [-0.2, 0) is 0 Å². The van der Waals surface area contributed by atoms with E-state index in [1.807, 2.05) is 6.92 Å². The fourth-order valence-electron chi connectivity index (χ4n) is 1.79. The summed E-state index contributed by atoms with van der Waals surface area (Å²) in [6.07, 6.45) is -3.60. The number of nitrogens with two attached hydrogens (primary N) is 1. The van der Waals surface area contributed by atoms with Crippen molar-refractivity contribution in [3.63, 3.8) is 0 Å². The van der Waals surface area contributed by atoms with Crippen LogP contribution >= 0.6 is 11.3 Å². The minimum absolute atomic E-state index is 0.328. The first kappa shape index (κ1) is 13.9. The van der Waals surface area contributed by atoms with E-state index in [1.165, 1.54) is 16.2 Å². The lowest BCUT2D eigenvalue weighted by molar-refractivity contribution is -0.119. The van der Waals surface area contributed by atoms with Gasteiger partial charge in [0.2, 0.25) is 0 Å². The SMILES string of the molecule is CCCN(CC(F)(F)F)c1nc2ccc(N)cc2s1. The molecule has 0 amide bonds. The summed E-state index contributed by atoms with van der Waals surface area (Å²) in [7, 11) is 0. The van der Waals surface area contributed by atoms with Gasteiger partial charge in [-0.3, -0.25) is 0 Å². The highest BCUT2D eigenvalue weighted by Crippen LogP contribution is 2.31. The van der Waals surface area contributed by atoms with Gasteiger partial charge < -0.3 is 10.6 Å². The summed E-state index contributed by atoms with van der Waals surface area (Å²) in [5.74, 6) is 0. The van der Waals surface area contributed by atoms with Gasteiger partial charge in [-0.05, 0) is 24.6 Å². The molecule has 0 radical (unpaired) electrons. The predicted octanol–water partition coefficient (Wildman–Crippen LogP) is 3.66. The van der Waals surface area contributed by atoms with Crippen LogP contribution in [0.25, 0.3) is 10.2 Å². The standard InChI is InChI=1S/C12H14F3N3S/c1-2-5-18(7-12(13,14)15)11-17-9-4-3-8(16)6-10(9)19-11/h3-4,6H,2,5,7,16H2,1H3. The van der Waals surface area contributed by atoms with Crippen molar-refractivity contribution in [3.8, 4) is 0 Å². The van der Waals surface area contributed by atoms with E-state index < -0.39 is 12.7 Å². The molecular formula is C12H14F3N3S. The van der Waals surface area contributed by atoms with Crippen LogP contribution in [0.3, 0.4) is 0 Å². The third-order valence-corrected chi connectivity index (χ3v) is 3.61. The topological polar surface area (TPSA) is 42.2 Å². The maximum atomic E-state index is 12.5. The Balaban J connectivity index is 2.33. The van der Waals surface area contributed by atoms with Crippen LogP contribution in [0.4, 0.5) is 24.0 Å². The molecule has 19 heavy (non-hydrogen) atoms. The molecule has 0 atom stereocenters. The Bertz CT molecular complexity index is 565. The van der Waals surface area contributed by atoms with Gasteiger partial charge in [0.05, 0.1) is 10.2 Å². The second-order valence-electron chi connectivity index (χ2n) is 4.26. The van der Waals surface area contributed by atoms with Crippen LogP contribution in [0, 0.1) is 0 Å². The number of nitrogen functional groups attached to an aromatic ring is 1. The van der Waals surface area contributed by atoms with Gasteiger partial charge in [0.1, 0.15) is 6.54 Å². The molecule has 1 aromatic carbocycles. The Labute approximate surface area is 112 Å². The summed E-state index contributed by atoms with van der Waals surface area (Å²) in [6.45, 7) is 1.19. The number of fused-ring (bicyclic) bond motifs is 1. The third-order valence-electron chi connectivity index (χ3n) is 2.54. The highest BCUT2D eigenvalue weighted by molar-refractivity contribution is 7.22. The van der Waals surface area contributed by atoms with E-state index in [0.717, 1.165) is 4.70 Å². The van der Waals surface area contributed by atoms with E-state index in [9.17, 15) is 13.2 Å². The maximum absolute atomic E-state index is 12.5. The molecule has 104 valence electrons. The summed E-state index contributed by atoms with van der Waals surface area (Å²) in [5.41, 5.74) is 6.92. The Morgan fingerprint density at radius 2 is 2.11 bits per heavy atom. The molecule has 2 rings (SSSR count). The van der Waals surface area contributed by atoms with Crippen LogP contribution in [0.2, 0.25) is 0 Å². The fourth-order valence-corrected chi connectivity index (χ4v) is 2.83. The van der Waals surface area contributed by atoms with Gasteiger partial charge >= 0.3 is 6.18 Å². The lowest BCUT2D eigenvalue weighted by Crippen LogP contribution is -2.34. The largest absolute Gasteiger partial charge is 0.406 e. The zero-order chi connectivity index (χ0) is 14.0. The summed E-state index contributed by atoms with van der Waals surface area (Å²) < 4.78 is 38.5. The molecule has 0 fully saturated rings. The lowest BCUT2D eigenvalue weighted by atomic mass is 10.3. The predicted molar refractivity (Wildman–Crippen MR) is 72.6 cm³/mol. The molecule has 0 unspecified atom stereocenters. The normalized spacial score (nSPS) is 12.0. The number of hydrogen-bond acceptors (Lipinski definition) is 4. The molecule has 0 saturated carbocycles. The number of rotatable bonds is 4. The third kappa shape index (κ3) is 3.50. The maximum Gasteiger partial charge on any atom is 0.406 e. The number of aromatic nitrogens is 1. The number of benzene rings is 1. The highest BCUT2D eigenvalue weighted by atomic mass is 32.1. The van der Waals surface area contributed by atoms with E-state index in [-0.39, 0.29) is 0 Å². The number of halogens is 3. The van der Waals surface area contributed by atoms with Crippen molar-refractivity contribution in [1.82, 2.24) is 4.98 Å². The molecule has 0 aliphatic rings. The van der Waals surface area contributed by atoms with Crippen molar-refractivity contribution in [1.29, 1.82) is 0 Å². The molecule has 0 aliphatic heterocycles. The van der Waals surface area contributed by atoms with Crippen molar-refractivity contribution in [2.24, 2.45) is 0 Å². The van der Waals surface area contributed by atoms with E-state index in [4.69, 9.17) is 5.73 Å². The van der Waals surface area contributed by atoms with Crippen LogP contribution in [-0.4, -0.2) is 24.2 Å². The Morgan fingerprint density at radius 1 is 1.37 bits per heavy atom. The van der Waals surface area contributed by atoms with Crippen LogP contribution in [0.5, 0.6) is 0 Å². The minimum Gasteiger partial charge on any atom is -0.399 e. The van der Waals surface area contributed by atoms with Crippen molar-refractivity contribution in [2.45, 2.75) is 19.5 Å². The first-order valence-electron chi connectivity index (χ1n) is 5.87. The highest BCUT2D eigenvalue weighted by Gasteiger charge is 2.31. The second-order valence-corrected chi connectivity index (χ2v) is 5.27. The van der Waals surface area contributed by atoms with Crippen molar-refractivity contribution in [3.05, 3.63) is 18.2 Å². The zero-order valence-corrected chi connectivity index (χ0v) is 11.2. The van der Waals surface area contributed by atoms with Crippen LogP contribution in [0.15, 0.2) is 18.2 Å². The molecule has 1 heterocycles. The lowest BCUT2D eigenvalue weighted by Gasteiger charge is -2.22. The summed E-state index contributed by atoms with van der Waals surface area (Å²) in [5, 5.41) is 0.389. The van der Waals surface area contributed by atoms with Gasteiger partial charge in [-0.15, -0.1) is 0 Å². The average Bonchev–Trinajstić information content (AvgIpc) is 2.69. The number of thiazole rings is 1. The van der Waals surface area contributed by atoms with Gasteiger partial charge in [-0.1, -0.05) is 18.3 Å². The molecular weight excluding hydrogens is 275 g/mol. The van der Waals surface area contributed by atoms with Crippen LogP contribution in [0.1, 0.15) is 13.3 Å². The Kier molecular flexibility index (Phi) is 3.84. The first-order chi connectivity index (χ1) is 8.89. The monoisotopic (exact) mass is 289 g/mol. The zero-order valence-electron chi connectivity index (χ0n) is 10.4. The van der Waals surface area contributed by atoms with Gasteiger partial charge in [-0.2, -0.15) is 13.2 Å². The number of hydrogen-bond donors (Lipinski definition) is 1. The van der Waals surface area contributed by atoms with Gasteiger partial charge in [-0.25, -0.2) is 4.98 Å². The van der Waals surface area contributed by atoms with Crippen molar-refractivity contribution in [2.75, 3.05) is 23.7 Å². The van der Waals surface area contributed by atoms with E-state index in [0.29, 0.717) is 29.3 Å².